The van der Waals surface area contributed by atoms with Crippen LogP contribution in [0.3, 0.4) is 0 Å². The van der Waals surface area contributed by atoms with E-state index in [0.29, 0.717) is 0 Å². The fourth-order valence-electron chi connectivity index (χ4n) is 1.94. The van der Waals surface area contributed by atoms with E-state index in [2.05, 4.69) is 5.32 Å². The van der Waals surface area contributed by atoms with Crippen LogP contribution in [0.25, 0.3) is 0 Å². The molecule has 1 rings (SSSR count). The summed E-state index contributed by atoms with van der Waals surface area (Å²) in [6, 6.07) is 0. The summed E-state index contributed by atoms with van der Waals surface area (Å²) in [6.45, 7) is 1.65. The van der Waals surface area contributed by atoms with Crippen molar-refractivity contribution in [2.75, 3.05) is 6.61 Å². The number of carbonyl (C=O) groups excluding carboxylic acids is 2. The highest BCUT2D eigenvalue weighted by atomic mass is 16.5. The van der Waals surface area contributed by atoms with Crippen LogP contribution in [0.15, 0.2) is 0 Å². The number of rotatable bonds is 3. The van der Waals surface area contributed by atoms with Crippen molar-refractivity contribution in [2.24, 2.45) is 5.73 Å². The lowest BCUT2D eigenvalue weighted by Gasteiger charge is -2.28. The highest BCUT2D eigenvalue weighted by Crippen LogP contribution is 2.29. The molecule has 80 valence electrons. The van der Waals surface area contributed by atoms with Gasteiger partial charge in [-0.1, -0.05) is 12.8 Å². The first-order chi connectivity index (χ1) is 6.54. The Balaban J connectivity index is 2.52. The second-order valence-corrected chi connectivity index (χ2v) is 3.78. The van der Waals surface area contributed by atoms with Gasteiger partial charge in [-0.2, -0.15) is 0 Å². The summed E-state index contributed by atoms with van der Waals surface area (Å²) in [5.41, 5.74) is 4.51. The first-order valence-electron chi connectivity index (χ1n) is 4.75. The van der Waals surface area contributed by atoms with Crippen molar-refractivity contribution in [2.45, 2.75) is 38.1 Å². The first kappa shape index (κ1) is 10.8. The van der Waals surface area contributed by atoms with E-state index in [1.54, 1.807) is 0 Å². The van der Waals surface area contributed by atoms with Crippen molar-refractivity contribution >= 4 is 12.0 Å². The second kappa shape index (κ2) is 4.30. The van der Waals surface area contributed by atoms with Crippen LogP contribution in [0.1, 0.15) is 32.6 Å². The van der Waals surface area contributed by atoms with Gasteiger partial charge in [0.1, 0.15) is 6.61 Å². The molecule has 1 saturated carbocycles. The molecule has 1 fully saturated rings. The fraction of sp³-hybridized carbons (Fsp3) is 0.778. The Morgan fingerprint density at radius 1 is 1.43 bits per heavy atom. The number of nitrogens with two attached hydrogens (primary N) is 1. The van der Waals surface area contributed by atoms with E-state index in [1.807, 2.05) is 0 Å². The highest BCUT2D eigenvalue weighted by molar-refractivity contribution is 5.74. The van der Waals surface area contributed by atoms with E-state index in [1.165, 1.54) is 6.92 Å². The molecule has 5 nitrogen and oxygen atoms in total. The average molecular weight is 200 g/mol. The zero-order valence-electron chi connectivity index (χ0n) is 8.34. The maximum absolute atomic E-state index is 11.0. The molecular formula is C9H16N2O3. The van der Waals surface area contributed by atoms with Crippen molar-refractivity contribution in [3.63, 3.8) is 0 Å². The molecular weight excluding hydrogens is 184 g/mol. The van der Waals surface area contributed by atoms with Crippen LogP contribution in [0.5, 0.6) is 0 Å². The lowest BCUT2D eigenvalue weighted by molar-refractivity contribution is -0.121. The molecule has 0 bridgehead atoms. The summed E-state index contributed by atoms with van der Waals surface area (Å²) in [5.74, 6) is -0.0972. The molecule has 5 heteroatoms. The van der Waals surface area contributed by atoms with E-state index in [0.717, 1.165) is 25.7 Å². The van der Waals surface area contributed by atoms with Gasteiger partial charge in [-0.05, 0) is 12.8 Å². The molecule has 0 aromatic carbocycles. The van der Waals surface area contributed by atoms with Crippen LogP contribution in [0.4, 0.5) is 4.79 Å². The lowest BCUT2D eigenvalue weighted by Crippen LogP contribution is -2.49. The van der Waals surface area contributed by atoms with Gasteiger partial charge in [-0.15, -0.1) is 0 Å². The number of hydrogen-bond acceptors (Lipinski definition) is 3. The minimum Gasteiger partial charge on any atom is -0.447 e. The Kier molecular flexibility index (Phi) is 3.33. The SMILES string of the molecule is CC(=O)NC1(COC(N)=O)CCCC1. The average Bonchev–Trinajstić information content (AvgIpc) is 2.49. The summed E-state index contributed by atoms with van der Waals surface area (Å²) in [7, 11) is 0. The van der Waals surface area contributed by atoms with Crippen LogP contribution in [-0.4, -0.2) is 24.1 Å². The molecule has 0 aromatic rings. The molecule has 0 aliphatic heterocycles. The zero-order chi connectivity index (χ0) is 10.6. The standard InChI is InChI=1S/C9H16N2O3/c1-7(12)11-9(4-2-3-5-9)6-14-8(10)13/h2-6H2,1H3,(H2,10,13)(H,11,12). The van der Waals surface area contributed by atoms with Gasteiger partial charge in [0.05, 0.1) is 5.54 Å². The van der Waals surface area contributed by atoms with Crippen molar-refractivity contribution < 1.29 is 14.3 Å². The van der Waals surface area contributed by atoms with Gasteiger partial charge >= 0.3 is 6.09 Å². The molecule has 0 aromatic heterocycles. The van der Waals surface area contributed by atoms with Crippen LogP contribution >= 0.6 is 0 Å². The Morgan fingerprint density at radius 2 is 2.00 bits per heavy atom. The second-order valence-electron chi connectivity index (χ2n) is 3.78. The van der Waals surface area contributed by atoms with Gasteiger partial charge in [-0.3, -0.25) is 4.79 Å². The third-order valence-corrected chi connectivity index (χ3v) is 2.49. The molecule has 14 heavy (non-hydrogen) atoms. The monoisotopic (exact) mass is 200 g/mol. The zero-order valence-corrected chi connectivity index (χ0v) is 8.34. The minimum atomic E-state index is -0.790. The molecule has 0 unspecified atom stereocenters. The summed E-state index contributed by atoms with van der Waals surface area (Å²) >= 11 is 0. The fourth-order valence-corrected chi connectivity index (χ4v) is 1.94. The number of carbonyl (C=O) groups is 2. The Labute approximate surface area is 83.0 Å². The van der Waals surface area contributed by atoms with Crippen LogP contribution in [-0.2, 0) is 9.53 Å². The smallest absolute Gasteiger partial charge is 0.404 e. The summed E-state index contributed by atoms with van der Waals surface area (Å²) in [6.07, 6.45) is 2.99. The Hall–Kier alpha value is -1.26. The number of amides is 2. The van der Waals surface area contributed by atoms with Gasteiger partial charge < -0.3 is 15.8 Å². The Morgan fingerprint density at radius 3 is 2.43 bits per heavy atom. The van der Waals surface area contributed by atoms with E-state index in [4.69, 9.17) is 10.5 Å². The molecule has 0 atom stereocenters. The number of ether oxygens (including phenoxy) is 1. The molecule has 1 aliphatic carbocycles. The first-order valence-corrected chi connectivity index (χ1v) is 4.75. The van der Waals surface area contributed by atoms with Crippen molar-refractivity contribution in [3.05, 3.63) is 0 Å². The highest BCUT2D eigenvalue weighted by Gasteiger charge is 2.35. The minimum absolute atomic E-state index is 0.0972. The van der Waals surface area contributed by atoms with Gasteiger partial charge in [-0.25, -0.2) is 4.79 Å². The molecule has 2 amide bonds. The quantitative estimate of drug-likeness (QED) is 0.697. The van der Waals surface area contributed by atoms with Gasteiger partial charge in [0.15, 0.2) is 0 Å². The van der Waals surface area contributed by atoms with Gasteiger partial charge in [0.2, 0.25) is 5.91 Å². The molecule has 1 aliphatic rings. The number of hydrogen-bond donors (Lipinski definition) is 2. The molecule has 0 spiro atoms. The van der Waals surface area contributed by atoms with Crippen LogP contribution in [0, 0.1) is 0 Å². The Bertz CT molecular complexity index is 234. The third kappa shape index (κ3) is 2.90. The number of primary amides is 1. The predicted molar refractivity (Wildman–Crippen MR) is 50.6 cm³/mol. The van der Waals surface area contributed by atoms with E-state index < -0.39 is 6.09 Å². The van der Waals surface area contributed by atoms with Crippen molar-refractivity contribution in [1.82, 2.24) is 5.32 Å². The van der Waals surface area contributed by atoms with E-state index in [-0.39, 0.29) is 18.1 Å². The topological polar surface area (TPSA) is 81.4 Å². The molecule has 0 saturated heterocycles. The van der Waals surface area contributed by atoms with Crippen molar-refractivity contribution in [1.29, 1.82) is 0 Å². The third-order valence-electron chi connectivity index (χ3n) is 2.49. The van der Waals surface area contributed by atoms with Gasteiger partial charge in [0, 0.05) is 6.92 Å². The van der Waals surface area contributed by atoms with E-state index >= 15 is 0 Å². The predicted octanol–water partition coefficient (Wildman–Crippen LogP) is 0.531. The molecule has 0 heterocycles. The van der Waals surface area contributed by atoms with Crippen molar-refractivity contribution in [3.8, 4) is 0 Å². The summed E-state index contributed by atoms with van der Waals surface area (Å²) < 4.78 is 4.75. The number of nitrogens with one attached hydrogen (secondary N) is 1. The summed E-state index contributed by atoms with van der Waals surface area (Å²) in [4.78, 5) is 21.4. The van der Waals surface area contributed by atoms with Crippen LogP contribution < -0.4 is 11.1 Å². The summed E-state index contributed by atoms with van der Waals surface area (Å²) in [5, 5.41) is 2.84. The largest absolute Gasteiger partial charge is 0.447 e. The molecule has 0 radical (unpaired) electrons. The van der Waals surface area contributed by atoms with Gasteiger partial charge in [0.25, 0.3) is 0 Å². The lowest BCUT2D eigenvalue weighted by atomic mass is 9.99. The van der Waals surface area contributed by atoms with E-state index in [9.17, 15) is 9.59 Å². The normalized spacial score (nSPS) is 18.9. The maximum Gasteiger partial charge on any atom is 0.404 e. The van der Waals surface area contributed by atoms with Crippen LogP contribution in [0.2, 0.25) is 0 Å². The molecule has 3 N–H and O–H groups in total. The maximum atomic E-state index is 11.0.